The number of carbonyl (C=O) groups excluding carboxylic acids is 1. The first-order valence-corrected chi connectivity index (χ1v) is 7.16. The minimum absolute atomic E-state index is 0.386. The van der Waals surface area contributed by atoms with E-state index in [4.69, 9.17) is 14.0 Å². The van der Waals surface area contributed by atoms with Gasteiger partial charge in [-0.3, -0.25) is 0 Å². The van der Waals surface area contributed by atoms with E-state index in [1.807, 2.05) is 33.8 Å². The van der Waals surface area contributed by atoms with Crippen molar-refractivity contribution in [3.63, 3.8) is 0 Å². The predicted octanol–water partition coefficient (Wildman–Crippen LogP) is 1.42. The quantitative estimate of drug-likeness (QED) is 0.620. The van der Waals surface area contributed by atoms with Crippen LogP contribution >= 0.6 is 0 Å². The number of fused-ring (bicyclic) bond motifs is 1. The molecule has 6 nitrogen and oxygen atoms in total. The molecule has 2 aromatic heterocycles. The Balaban J connectivity index is 1.95. The molecule has 1 aliphatic heterocycles. The fourth-order valence-electron chi connectivity index (χ4n) is 2.35. The van der Waals surface area contributed by atoms with E-state index in [9.17, 15) is 4.79 Å². The van der Waals surface area contributed by atoms with Crippen molar-refractivity contribution in [2.45, 2.75) is 38.9 Å². The topological polar surface area (TPSA) is 62.1 Å². The molecular weight excluding hydrogens is 283 g/mol. The lowest BCUT2D eigenvalue weighted by Gasteiger charge is -2.32. The molecule has 0 N–H and O–H groups in total. The predicted molar refractivity (Wildman–Crippen MR) is 82.2 cm³/mol. The Morgan fingerprint density at radius 2 is 1.86 bits per heavy atom. The molecule has 0 spiro atoms. The molecule has 0 amide bonds. The zero-order chi connectivity index (χ0) is 16.1. The van der Waals surface area contributed by atoms with E-state index in [1.54, 1.807) is 23.0 Å². The molecule has 0 saturated carbocycles. The van der Waals surface area contributed by atoms with Gasteiger partial charge in [0.1, 0.15) is 0 Å². The van der Waals surface area contributed by atoms with Crippen LogP contribution in [0.1, 0.15) is 38.1 Å². The molecule has 1 saturated heterocycles. The smallest absolute Gasteiger partial charge is 0.465 e. The summed E-state index contributed by atoms with van der Waals surface area (Å²) in [6, 6.07) is 3.63. The zero-order valence-electron chi connectivity index (χ0n) is 13.4. The van der Waals surface area contributed by atoms with Gasteiger partial charge in [-0.25, -0.2) is 9.31 Å². The van der Waals surface area contributed by atoms with Crippen molar-refractivity contribution in [1.29, 1.82) is 0 Å². The number of rotatable bonds is 2. The summed E-state index contributed by atoms with van der Waals surface area (Å²) in [5, 5.41) is 4.31. The van der Waals surface area contributed by atoms with Crippen LogP contribution in [0.4, 0.5) is 0 Å². The first-order valence-electron chi connectivity index (χ1n) is 7.16. The molecule has 22 heavy (non-hydrogen) atoms. The van der Waals surface area contributed by atoms with Crippen LogP contribution in [0.2, 0.25) is 0 Å². The average molecular weight is 302 g/mol. The number of nitrogens with zero attached hydrogens (tertiary/aromatic N) is 2. The molecule has 116 valence electrons. The van der Waals surface area contributed by atoms with Gasteiger partial charge < -0.3 is 14.0 Å². The minimum atomic E-state index is -0.473. The lowest BCUT2D eigenvalue weighted by molar-refractivity contribution is 0.00578. The van der Waals surface area contributed by atoms with Crippen LogP contribution in [-0.2, 0) is 14.0 Å². The standard InChI is InChI=1S/C15H19BN2O4/c1-14(2)15(3,4)22-16(21-14)11-7-12-6-10(13(19)20-5)9-18(12)17-8-11/h6-9H,1-5H3. The van der Waals surface area contributed by atoms with Gasteiger partial charge >= 0.3 is 13.1 Å². The summed E-state index contributed by atoms with van der Waals surface area (Å²) in [7, 11) is 0.882. The van der Waals surface area contributed by atoms with Crippen LogP contribution in [0.3, 0.4) is 0 Å². The Bertz CT molecular complexity index is 722. The highest BCUT2D eigenvalue weighted by Gasteiger charge is 2.51. The van der Waals surface area contributed by atoms with Gasteiger partial charge in [0.05, 0.1) is 29.4 Å². The fourth-order valence-corrected chi connectivity index (χ4v) is 2.35. The monoisotopic (exact) mass is 302 g/mol. The van der Waals surface area contributed by atoms with Crippen molar-refractivity contribution in [2.75, 3.05) is 7.11 Å². The highest BCUT2D eigenvalue weighted by atomic mass is 16.7. The van der Waals surface area contributed by atoms with Gasteiger partial charge in [0.25, 0.3) is 0 Å². The number of hydrogen-bond acceptors (Lipinski definition) is 5. The van der Waals surface area contributed by atoms with Crippen LogP contribution in [0.5, 0.6) is 0 Å². The summed E-state index contributed by atoms with van der Waals surface area (Å²) in [5.74, 6) is -0.386. The summed E-state index contributed by atoms with van der Waals surface area (Å²) in [6.07, 6.45) is 3.32. The first kappa shape index (κ1) is 15.1. The van der Waals surface area contributed by atoms with Crippen LogP contribution in [-0.4, -0.2) is 41.0 Å². The number of carbonyl (C=O) groups is 1. The fraction of sp³-hybridized carbons (Fsp3) is 0.467. The molecule has 0 atom stereocenters. The van der Waals surface area contributed by atoms with Gasteiger partial charge in [-0.05, 0) is 39.8 Å². The molecule has 7 heteroatoms. The maximum Gasteiger partial charge on any atom is 0.496 e. The summed E-state index contributed by atoms with van der Waals surface area (Å²) < 4.78 is 18.4. The normalized spacial score (nSPS) is 19.6. The van der Waals surface area contributed by atoms with E-state index in [2.05, 4.69) is 5.10 Å². The molecule has 0 aromatic carbocycles. The lowest BCUT2D eigenvalue weighted by Crippen LogP contribution is -2.41. The SMILES string of the molecule is COC(=O)c1cc2cc(B3OC(C)(C)C(C)(C)O3)cnn2c1. The summed E-state index contributed by atoms with van der Waals surface area (Å²) in [4.78, 5) is 11.6. The van der Waals surface area contributed by atoms with Gasteiger partial charge in [0, 0.05) is 17.9 Å². The van der Waals surface area contributed by atoms with E-state index >= 15 is 0 Å². The van der Waals surface area contributed by atoms with E-state index in [-0.39, 0.29) is 5.97 Å². The van der Waals surface area contributed by atoms with Crippen molar-refractivity contribution in [1.82, 2.24) is 9.61 Å². The number of hydrogen-bond donors (Lipinski definition) is 0. The van der Waals surface area contributed by atoms with Crippen molar-refractivity contribution < 1.29 is 18.8 Å². The van der Waals surface area contributed by atoms with E-state index < -0.39 is 18.3 Å². The van der Waals surface area contributed by atoms with E-state index in [0.717, 1.165) is 11.0 Å². The number of aromatic nitrogens is 2. The second-order valence-electron chi connectivity index (χ2n) is 6.47. The minimum Gasteiger partial charge on any atom is -0.465 e. The number of methoxy groups -OCH3 is 1. The highest BCUT2D eigenvalue weighted by Crippen LogP contribution is 2.36. The summed E-state index contributed by atoms with van der Waals surface area (Å²) in [5.41, 5.74) is 1.26. The maximum atomic E-state index is 11.6. The first-order chi connectivity index (χ1) is 10.2. The molecule has 0 radical (unpaired) electrons. The zero-order valence-corrected chi connectivity index (χ0v) is 13.4. The van der Waals surface area contributed by atoms with Crippen molar-refractivity contribution in [2.24, 2.45) is 0 Å². The third kappa shape index (κ3) is 2.30. The molecular formula is C15H19BN2O4. The maximum absolute atomic E-state index is 11.6. The van der Waals surface area contributed by atoms with E-state index in [1.165, 1.54) is 7.11 Å². The second kappa shape index (κ2) is 4.82. The highest BCUT2D eigenvalue weighted by molar-refractivity contribution is 6.62. The number of ether oxygens (including phenoxy) is 1. The third-order valence-corrected chi connectivity index (χ3v) is 4.42. The van der Waals surface area contributed by atoms with Crippen LogP contribution < -0.4 is 5.46 Å². The molecule has 1 fully saturated rings. The van der Waals surface area contributed by atoms with Gasteiger partial charge in [0.2, 0.25) is 0 Å². The van der Waals surface area contributed by atoms with Gasteiger partial charge in [0.15, 0.2) is 0 Å². The lowest BCUT2D eigenvalue weighted by atomic mass is 9.80. The molecule has 0 aliphatic carbocycles. The Labute approximate surface area is 129 Å². The Kier molecular flexibility index (Phi) is 3.30. The molecule has 1 aliphatic rings. The molecule has 3 rings (SSSR count). The van der Waals surface area contributed by atoms with Gasteiger partial charge in [-0.15, -0.1) is 0 Å². The summed E-state index contributed by atoms with van der Waals surface area (Å²) >= 11 is 0. The van der Waals surface area contributed by atoms with Crippen LogP contribution in [0.15, 0.2) is 24.5 Å². The largest absolute Gasteiger partial charge is 0.496 e. The van der Waals surface area contributed by atoms with Crippen molar-refractivity contribution in [3.05, 3.63) is 30.1 Å². The summed E-state index contributed by atoms with van der Waals surface area (Å²) in [6.45, 7) is 8.02. The average Bonchev–Trinajstić information content (AvgIpc) is 2.96. The molecule has 0 unspecified atom stereocenters. The van der Waals surface area contributed by atoms with Crippen LogP contribution in [0, 0.1) is 0 Å². The molecule has 0 bridgehead atoms. The third-order valence-electron chi connectivity index (χ3n) is 4.42. The van der Waals surface area contributed by atoms with E-state index in [0.29, 0.717) is 5.56 Å². The Morgan fingerprint density at radius 3 is 2.45 bits per heavy atom. The van der Waals surface area contributed by atoms with Crippen LogP contribution in [0.25, 0.3) is 5.52 Å². The van der Waals surface area contributed by atoms with Crippen molar-refractivity contribution >= 4 is 24.1 Å². The van der Waals surface area contributed by atoms with Gasteiger partial charge in [-0.1, -0.05) is 0 Å². The van der Waals surface area contributed by atoms with Gasteiger partial charge in [-0.2, -0.15) is 5.10 Å². The number of esters is 1. The second-order valence-corrected chi connectivity index (χ2v) is 6.47. The Morgan fingerprint density at radius 1 is 1.23 bits per heavy atom. The Hall–Kier alpha value is -1.86. The van der Waals surface area contributed by atoms with Crippen molar-refractivity contribution in [3.8, 4) is 0 Å². The molecule has 3 heterocycles. The molecule has 2 aromatic rings.